The Morgan fingerprint density at radius 1 is 0.861 bits per heavy atom. The van der Waals surface area contributed by atoms with Gasteiger partial charge < -0.3 is 18.9 Å². The summed E-state index contributed by atoms with van der Waals surface area (Å²) in [6.07, 6.45) is 1.35. The summed E-state index contributed by atoms with van der Waals surface area (Å²) in [6, 6.07) is 0. The molecule has 0 atom stereocenters. The smallest absolute Gasteiger partial charge is 0.340 e. The Balaban J connectivity index is 1.61. The molecular formula is C24H33N3O9. The highest BCUT2D eigenvalue weighted by molar-refractivity contribution is 5.69. The van der Waals surface area contributed by atoms with E-state index in [4.69, 9.17) is 18.9 Å². The highest BCUT2D eigenvalue weighted by Gasteiger charge is 2.35. The first-order valence-corrected chi connectivity index (χ1v) is 11.9. The molecule has 2 saturated heterocycles. The van der Waals surface area contributed by atoms with E-state index in [-0.39, 0.29) is 62.8 Å². The minimum Gasteiger partial charge on any atom is -0.465 e. The van der Waals surface area contributed by atoms with Crippen molar-refractivity contribution in [3.63, 3.8) is 0 Å². The van der Waals surface area contributed by atoms with Crippen molar-refractivity contribution in [2.45, 2.75) is 52.6 Å². The lowest BCUT2D eigenvalue weighted by Gasteiger charge is -2.37. The van der Waals surface area contributed by atoms with Crippen molar-refractivity contribution in [3.8, 4) is 0 Å². The van der Waals surface area contributed by atoms with E-state index >= 15 is 0 Å². The quantitative estimate of drug-likeness (QED) is 0.270. The molecule has 0 aliphatic carbocycles. The average molecular weight is 508 g/mol. The molecule has 2 fully saturated rings. The van der Waals surface area contributed by atoms with Gasteiger partial charge in [0.15, 0.2) is 0 Å². The fourth-order valence-corrected chi connectivity index (χ4v) is 3.72. The summed E-state index contributed by atoms with van der Waals surface area (Å²) < 4.78 is 23.2. The number of nitrogens with zero attached hydrogens (tertiary/aromatic N) is 3. The minimum absolute atomic E-state index is 0.00492. The van der Waals surface area contributed by atoms with Gasteiger partial charge in [-0.3, -0.25) is 9.59 Å². The fraction of sp³-hybridized carbons (Fsp3) is 0.667. The summed E-state index contributed by atoms with van der Waals surface area (Å²) in [6.45, 7) is 9.67. The first-order chi connectivity index (χ1) is 17.1. The molecule has 1 aromatic rings. The maximum absolute atomic E-state index is 12.9. The first kappa shape index (κ1) is 27.4. The van der Waals surface area contributed by atoms with E-state index in [2.05, 4.69) is 12.3 Å². The van der Waals surface area contributed by atoms with Gasteiger partial charge in [0.1, 0.15) is 13.2 Å². The molecule has 0 amide bonds. The molecule has 2 aliphatic rings. The molecule has 12 heteroatoms. The fourth-order valence-electron chi connectivity index (χ4n) is 3.72. The molecule has 3 rings (SSSR count). The molecule has 36 heavy (non-hydrogen) atoms. The van der Waals surface area contributed by atoms with Crippen LogP contribution in [0.25, 0.3) is 6.20 Å². The summed E-state index contributed by atoms with van der Waals surface area (Å²) in [4.78, 5) is 62.5. The third kappa shape index (κ3) is 6.71. The number of carbonyl (C=O) groups is 2. The van der Waals surface area contributed by atoms with Gasteiger partial charge in [-0.2, -0.15) is 0 Å². The lowest BCUT2D eigenvalue weighted by atomic mass is 9.90. The van der Waals surface area contributed by atoms with Crippen molar-refractivity contribution in [2.75, 3.05) is 39.6 Å². The molecule has 0 spiro atoms. The Hall–Kier alpha value is -3.21. The van der Waals surface area contributed by atoms with E-state index in [0.717, 1.165) is 19.9 Å². The zero-order valence-corrected chi connectivity index (χ0v) is 20.8. The van der Waals surface area contributed by atoms with E-state index in [1.165, 1.54) is 0 Å². The number of carbonyl (C=O) groups excluding carboxylic acids is 2. The summed E-state index contributed by atoms with van der Waals surface area (Å²) in [5.41, 5.74) is -0.535. The van der Waals surface area contributed by atoms with Crippen LogP contribution in [0.2, 0.25) is 0 Å². The zero-order valence-electron chi connectivity index (χ0n) is 20.8. The van der Waals surface area contributed by atoms with Gasteiger partial charge in [-0.1, -0.05) is 20.4 Å². The van der Waals surface area contributed by atoms with Crippen LogP contribution in [0.4, 0.5) is 0 Å². The Morgan fingerprint density at radius 2 is 1.28 bits per heavy atom. The van der Waals surface area contributed by atoms with Crippen LogP contribution in [-0.4, -0.2) is 65.3 Å². The number of aromatic nitrogens is 3. The van der Waals surface area contributed by atoms with Gasteiger partial charge in [-0.15, -0.1) is 5.73 Å². The number of esters is 2. The van der Waals surface area contributed by atoms with Crippen LogP contribution in [0.3, 0.4) is 0 Å². The summed E-state index contributed by atoms with van der Waals surface area (Å²) in [5.74, 6) is -0.895. The molecule has 0 aromatic carbocycles. The second-order valence-corrected chi connectivity index (χ2v) is 9.99. The largest absolute Gasteiger partial charge is 0.465 e. The Labute approximate surface area is 207 Å². The van der Waals surface area contributed by atoms with Gasteiger partial charge in [0.05, 0.1) is 32.6 Å². The Kier molecular flexibility index (Phi) is 8.89. The molecule has 12 nitrogen and oxygen atoms in total. The SMILES string of the molecule is C=C=Cn1c(=O)n(CCCC(=O)OCC2(C)COC2)c(=O)n(CCCC(=O)OCC2(C)COC2)c1=O. The lowest BCUT2D eigenvalue weighted by Crippen LogP contribution is -2.53. The van der Waals surface area contributed by atoms with E-state index < -0.39 is 29.0 Å². The number of hydrogen-bond donors (Lipinski definition) is 0. The van der Waals surface area contributed by atoms with Gasteiger partial charge in [0.2, 0.25) is 0 Å². The number of ether oxygens (including phenoxy) is 4. The summed E-state index contributed by atoms with van der Waals surface area (Å²) in [5, 5.41) is 0. The predicted octanol–water partition coefficient (Wildman–Crippen LogP) is 0.147. The average Bonchev–Trinajstić information content (AvgIpc) is 2.81. The van der Waals surface area contributed by atoms with E-state index in [1.807, 2.05) is 13.8 Å². The highest BCUT2D eigenvalue weighted by atomic mass is 16.6. The standard InChI is InChI=1S/C24H33N3O9/c1-4-9-25-20(30)26(10-5-7-18(28)35-16-23(2)12-33-13-23)22(32)27(21(25)31)11-6-8-19(29)36-17-24(3)14-34-15-24/h9H,1,5-8,10-17H2,2-3H3. The van der Waals surface area contributed by atoms with Crippen LogP contribution in [0.15, 0.2) is 26.7 Å². The Morgan fingerprint density at radius 3 is 1.61 bits per heavy atom. The molecular weight excluding hydrogens is 474 g/mol. The van der Waals surface area contributed by atoms with Gasteiger partial charge in [-0.25, -0.2) is 28.1 Å². The molecule has 0 unspecified atom stereocenters. The third-order valence-electron chi connectivity index (χ3n) is 6.05. The van der Waals surface area contributed by atoms with Crippen LogP contribution in [0.1, 0.15) is 39.5 Å². The summed E-state index contributed by atoms with van der Waals surface area (Å²) >= 11 is 0. The molecule has 198 valence electrons. The maximum atomic E-state index is 12.9. The second-order valence-electron chi connectivity index (χ2n) is 9.99. The highest BCUT2D eigenvalue weighted by Crippen LogP contribution is 2.27. The van der Waals surface area contributed by atoms with Gasteiger partial charge in [-0.05, 0) is 12.8 Å². The van der Waals surface area contributed by atoms with Crippen LogP contribution in [0, 0.1) is 10.8 Å². The normalized spacial score (nSPS) is 17.3. The predicted molar refractivity (Wildman–Crippen MR) is 127 cm³/mol. The molecule has 0 N–H and O–H groups in total. The van der Waals surface area contributed by atoms with Gasteiger partial charge >= 0.3 is 29.0 Å². The van der Waals surface area contributed by atoms with Gasteiger partial charge in [0.25, 0.3) is 0 Å². The van der Waals surface area contributed by atoms with Crippen LogP contribution >= 0.6 is 0 Å². The van der Waals surface area contributed by atoms with Crippen LogP contribution < -0.4 is 17.1 Å². The molecule has 1 aromatic heterocycles. The van der Waals surface area contributed by atoms with Crippen molar-refractivity contribution in [2.24, 2.45) is 10.8 Å². The second kappa shape index (κ2) is 11.7. The topological polar surface area (TPSA) is 137 Å². The first-order valence-electron chi connectivity index (χ1n) is 11.9. The van der Waals surface area contributed by atoms with Crippen molar-refractivity contribution < 1.29 is 28.5 Å². The van der Waals surface area contributed by atoms with E-state index in [9.17, 15) is 24.0 Å². The van der Waals surface area contributed by atoms with E-state index in [1.54, 1.807) is 0 Å². The Bertz CT molecular complexity index is 1110. The van der Waals surface area contributed by atoms with Crippen molar-refractivity contribution in [1.29, 1.82) is 0 Å². The molecule has 0 radical (unpaired) electrons. The lowest BCUT2D eigenvalue weighted by molar-refractivity contribution is -0.165. The number of rotatable bonds is 13. The summed E-state index contributed by atoms with van der Waals surface area (Å²) in [7, 11) is 0. The molecule has 3 heterocycles. The molecule has 0 bridgehead atoms. The molecule has 2 aliphatic heterocycles. The monoisotopic (exact) mass is 507 g/mol. The zero-order chi connectivity index (χ0) is 26.3. The van der Waals surface area contributed by atoms with Gasteiger partial charge in [0, 0.05) is 36.8 Å². The molecule has 0 saturated carbocycles. The van der Waals surface area contributed by atoms with E-state index in [0.29, 0.717) is 26.4 Å². The van der Waals surface area contributed by atoms with Crippen molar-refractivity contribution >= 4 is 18.1 Å². The number of hydrogen-bond acceptors (Lipinski definition) is 9. The van der Waals surface area contributed by atoms with Crippen LogP contribution in [-0.2, 0) is 41.6 Å². The van der Waals surface area contributed by atoms with Crippen molar-refractivity contribution in [1.82, 2.24) is 13.7 Å². The van der Waals surface area contributed by atoms with Crippen molar-refractivity contribution in [3.05, 3.63) is 43.8 Å². The maximum Gasteiger partial charge on any atom is 0.340 e. The van der Waals surface area contributed by atoms with Crippen LogP contribution in [0.5, 0.6) is 0 Å². The third-order valence-corrected chi connectivity index (χ3v) is 6.05. The minimum atomic E-state index is -0.861.